The van der Waals surface area contributed by atoms with E-state index in [-0.39, 0.29) is 11.2 Å². The summed E-state index contributed by atoms with van der Waals surface area (Å²) < 4.78 is 0. The Morgan fingerprint density at radius 3 is 2.38 bits per heavy atom. The smallest absolute Gasteiger partial charge is 0.160 e. The highest BCUT2D eigenvalue weighted by Crippen LogP contribution is 2.35. The second-order valence-corrected chi connectivity index (χ2v) is 8.72. The lowest BCUT2D eigenvalue weighted by Crippen LogP contribution is -2.32. The molecule has 0 fully saturated rings. The molecule has 0 spiro atoms. The minimum atomic E-state index is 0.126. The van der Waals surface area contributed by atoms with Crippen molar-refractivity contribution in [3.63, 3.8) is 0 Å². The number of nitrogens with one attached hydrogen (secondary N) is 1. The molecule has 0 aliphatic carbocycles. The minimum absolute atomic E-state index is 0.126. The molecule has 2 aromatic rings. The number of benzene rings is 1. The van der Waals surface area contributed by atoms with Crippen LogP contribution in [0.1, 0.15) is 71.2 Å². The Hall–Kier alpha value is -1.45. The first-order valence-corrected chi connectivity index (χ1v) is 9.38. The molecule has 0 bridgehead atoms. The summed E-state index contributed by atoms with van der Waals surface area (Å²) in [5.74, 6) is 0.150. The Morgan fingerprint density at radius 1 is 1.21 bits per heavy atom. The minimum Gasteiger partial charge on any atom is -0.305 e. The van der Waals surface area contributed by atoms with Gasteiger partial charge < -0.3 is 5.32 Å². The molecule has 2 rings (SSSR count). The van der Waals surface area contributed by atoms with Crippen molar-refractivity contribution < 1.29 is 4.79 Å². The summed E-state index contributed by atoms with van der Waals surface area (Å²) in [7, 11) is 0. The highest BCUT2D eigenvalue weighted by Gasteiger charge is 2.27. The van der Waals surface area contributed by atoms with E-state index in [1.165, 1.54) is 16.0 Å². The molecule has 130 valence electrons. The van der Waals surface area contributed by atoms with Crippen LogP contribution in [0.2, 0.25) is 0 Å². The molecular formula is C21H29NOS. The number of hydrogen-bond donors (Lipinski definition) is 1. The molecule has 0 aliphatic rings. The van der Waals surface area contributed by atoms with E-state index in [2.05, 4.69) is 63.5 Å². The fourth-order valence-corrected chi connectivity index (χ4v) is 4.58. The maximum absolute atomic E-state index is 12.0. The van der Waals surface area contributed by atoms with Gasteiger partial charge >= 0.3 is 0 Å². The zero-order chi connectivity index (χ0) is 18.1. The highest BCUT2D eigenvalue weighted by atomic mass is 32.1. The van der Waals surface area contributed by atoms with E-state index in [0.717, 1.165) is 23.2 Å². The summed E-state index contributed by atoms with van der Waals surface area (Å²) in [5.41, 5.74) is 5.69. The van der Waals surface area contributed by atoms with Gasteiger partial charge in [0.15, 0.2) is 5.78 Å². The fourth-order valence-electron chi connectivity index (χ4n) is 3.53. The zero-order valence-corrected chi connectivity index (χ0v) is 16.7. The van der Waals surface area contributed by atoms with Crippen molar-refractivity contribution in [2.24, 2.45) is 5.41 Å². The summed E-state index contributed by atoms with van der Waals surface area (Å²) in [6.45, 7) is 15.5. The van der Waals surface area contributed by atoms with Gasteiger partial charge in [-0.1, -0.05) is 32.9 Å². The molecule has 0 saturated carbocycles. The fraction of sp³-hybridized carbons (Fsp3) is 0.476. The summed E-state index contributed by atoms with van der Waals surface area (Å²) in [5, 5.41) is 5.88. The molecule has 1 atom stereocenters. The molecule has 1 heterocycles. The number of carbonyl (C=O) groups is 1. The highest BCUT2D eigenvalue weighted by molar-refractivity contribution is 7.10. The Labute approximate surface area is 150 Å². The Bertz CT molecular complexity index is 723. The largest absolute Gasteiger partial charge is 0.305 e. The third kappa shape index (κ3) is 3.96. The number of hydrogen-bond acceptors (Lipinski definition) is 3. The van der Waals surface area contributed by atoms with Gasteiger partial charge in [0.25, 0.3) is 0 Å². The number of aryl methyl sites for hydroxylation is 2. The number of thiophene rings is 1. The first-order chi connectivity index (χ1) is 11.1. The summed E-state index contributed by atoms with van der Waals surface area (Å²) in [6.07, 6.45) is 0. The predicted molar refractivity (Wildman–Crippen MR) is 104 cm³/mol. The van der Waals surface area contributed by atoms with Gasteiger partial charge in [-0.15, -0.1) is 11.3 Å². The molecule has 1 aromatic carbocycles. The third-order valence-electron chi connectivity index (χ3n) is 4.66. The van der Waals surface area contributed by atoms with Crippen molar-refractivity contribution in [2.75, 3.05) is 0 Å². The molecular weight excluding hydrogens is 314 g/mol. The lowest BCUT2D eigenvalue weighted by molar-refractivity contribution is 0.101. The Balaban J connectivity index is 2.34. The van der Waals surface area contributed by atoms with Gasteiger partial charge in [-0.25, -0.2) is 0 Å². The maximum atomic E-state index is 12.0. The van der Waals surface area contributed by atoms with E-state index >= 15 is 0 Å². The summed E-state index contributed by atoms with van der Waals surface area (Å²) in [4.78, 5) is 13.4. The molecule has 2 nitrogen and oxygen atoms in total. The quantitative estimate of drug-likeness (QED) is 0.700. The van der Waals surface area contributed by atoms with Crippen LogP contribution in [0.25, 0.3) is 0 Å². The molecule has 1 N–H and O–H groups in total. The van der Waals surface area contributed by atoms with Crippen LogP contribution >= 0.6 is 11.3 Å². The van der Waals surface area contributed by atoms with Crippen molar-refractivity contribution in [1.29, 1.82) is 0 Å². The van der Waals surface area contributed by atoms with E-state index in [1.54, 1.807) is 18.3 Å². The molecule has 0 saturated heterocycles. The number of carbonyl (C=O) groups excluding carboxylic acids is 1. The van der Waals surface area contributed by atoms with Crippen LogP contribution in [-0.4, -0.2) is 5.78 Å². The topological polar surface area (TPSA) is 29.1 Å². The SMILES string of the molecule is CC(=O)c1c(C)cc(C)c(CN[C@H](c2cccs2)C(C)(C)C)c1C. The van der Waals surface area contributed by atoms with Gasteiger partial charge in [0.05, 0.1) is 0 Å². The second-order valence-electron chi connectivity index (χ2n) is 7.74. The Kier molecular flexibility index (Phi) is 5.67. The van der Waals surface area contributed by atoms with Crippen molar-refractivity contribution >= 4 is 17.1 Å². The van der Waals surface area contributed by atoms with Gasteiger partial charge in [-0.2, -0.15) is 0 Å². The van der Waals surface area contributed by atoms with Gasteiger partial charge in [0.1, 0.15) is 0 Å². The van der Waals surface area contributed by atoms with Crippen LogP contribution in [-0.2, 0) is 6.54 Å². The molecule has 0 aliphatic heterocycles. The molecule has 0 unspecified atom stereocenters. The number of ketones is 1. The van der Waals surface area contributed by atoms with Gasteiger partial charge in [0.2, 0.25) is 0 Å². The van der Waals surface area contributed by atoms with E-state index < -0.39 is 0 Å². The Morgan fingerprint density at radius 2 is 1.88 bits per heavy atom. The van der Waals surface area contributed by atoms with Crippen molar-refractivity contribution in [3.05, 3.63) is 56.3 Å². The maximum Gasteiger partial charge on any atom is 0.160 e. The van der Waals surface area contributed by atoms with Crippen molar-refractivity contribution in [1.82, 2.24) is 5.32 Å². The van der Waals surface area contributed by atoms with Crippen LogP contribution in [0.3, 0.4) is 0 Å². The molecule has 1 aromatic heterocycles. The van der Waals surface area contributed by atoms with Crippen LogP contribution < -0.4 is 5.32 Å². The van der Waals surface area contributed by atoms with E-state index in [4.69, 9.17) is 0 Å². The van der Waals surface area contributed by atoms with Gasteiger partial charge in [0, 0.05) is 23.0 Å². The van der Waals surface area contributed by atoms with Crippen LogP contribution in [0.5, 0.6) is 0 Å². The van der Waals surface area contributed by atoms with Crippen molar-refractivity contribution in [3.8, 4) is 0 Å². The molecule has 0 radical (unpaired) electrons. The van der Waals surface area contributed by atoms with Crippen LogP contribution in [0, 0.1) is 26.2 Å². The predicted octanol–water partition coefficient (Wildman–Crippen LogP) is 5.75. The molecule has 0 amide bonds. The first-order valence-electron chi connectivity index (χ1n) is 8.50. The molecule has 3 heteroatoms. The lowest BCUT2D eigenvalue weighted by atomic mass is 9.85. The summed E-state index contributed by atoms with van der Waals surface area (Å²) >= 11 is 1.80. The van der Waals surface area contributed by atoms with E-state index in [9.17, 15) is 4.79 Å². The first kappa shape index (κ1) is 18.9. The van der Waals surface area contributed by atoms with E-state index in [0.29, 0.717) is 6.04 Å². The standard InChI is InChI=1S/C21H29NOS/c1-13-11-14(2)19(16(4)23)15(3)17(13)12-22-20(21(5,6)7)18-9-8-10-24-18/h8-11,20,22H,12H2,1-7H3/t20-/m1/s1. The third-order valence-corrected chi connectivity index (χ3v) is 5.60. The normalized spacial score (nSPS) is 13.1. The van der Waals surface area contributed by atoms with E-state index in [1.807, 2.05) is 6.92 Å². The average Bonchev–Trinajstić information content (AvgIpc) is 2.93. The second kappa shape index (κ2) is 7.20. The van der Waals surface area contributed by atoms with Gasteiger partial charge in [-0.05, 0) is 66.8 Å². The summed E-state index contributed by atoms with van der Waals surface area (Å²) in [6, 6.07) is 6.73. The lowest BCUT2D eigenvalue weighted by Gasteiger charge is -2.31. The molecule has 24 heavy (non-hydrogen) atoms. The number of Topliss-reactive ketones (excluding diaryl/α,β-unsaturated/α-hetero) is 1. The number of rotatable bonds is 5. The zero-order valence-electron chi connectivity index (χ0n) is 15.9. The van der Waals surface area contributed by atoms with Crippen LogP contribution in [0.4, 0.5) is 0 Å². The monoisotopic (exact) mass is 343 g/mol. The van der Waals surface area contributed by atoms with Crippen LogP contribution in [0.15, 0.2) is 23.6 Å². The average molecular weight is 344 g/mol. The van der Waals surface area contributed by atoms with Gasteiger partial charge in [-0.3, -0.25) is 4.79 Å². The van der Waals surface area contributed by atoms with Crippen molar-refractivity contribution in [2.45, 2.75) is 61.1 Å².